The number of ether oxygens (including phenoxy) is 1. The van der Waals surface area contributed by atoms with Crippen LogP contribution in [-0.2, 0) is 14.1 Å². The van der Waals surface area contributed by atoms with Gasteiger partial charge in [-0.3, -0.25) is 9.78 Å². The molecule has 2 N–H and O–H groups in total. The third-order valence-electron chi connectivity index (χ3n) is 5.44. The molecule has 0 aliphatic heterocycles. The largest absolute Gasteiger partial charge is 0.516 e. The first-order valence-electron chi connectivity index (χ1n) is 11.1. The number of benzene rings is 2. The Morgan fingerprint density at radius 1 is 1.09 bits per heavy atom. The molecule has 0 aliphatic rings. The van der Waals surface area contributed by atoms with E-state index in [0.717, 1.165) is 5.56 Å². The van der Waals surface area contributed by atoms with Crippen molar-refractivity contribution in [2.45, 2.75) is 44.9 Å². The van der Waals surface area contributed by atoms with Gasteiger partial charge >= 0.3 is 14.0 Å². The smallest absolute Gasteiger partial charge is 0.466 e. The molecule has 2 aromatic carbocycles. The van der Waals surface area contributed by atoms with Gasteiger partial charge in [-0.2, -0.15) is 4.89 Å². The van der Waals surface area contributed by atoms with Crippen molar-refractivity contribution in [3.8, 4) is 22.4 Å². The number of aliphatic hydroxyl groups excluding tert-OH is 1. The summed E-state index contributed by atoms with van der Waals surface area (Å²) in [6.45, 7) is 5.57. The summed E-state index contributed by atoms with van der Waals surface area (Å²) >= 11 is 0. The van der Waals surface area contributed by atoms with E-state index < -0.39 is 38.0 Å². The Hall–Kier alpha value is -2.99. The van der Waals surface area contributed by atoms with Crippen LogP contribution in [0, 0.1) is 5.82 Å². The maximum absolute atomic E-state index is 13.7. The van der Waals surface area contributed by atoms with Crippen LogP contribution in [0.5, 0.6) is 0 Å². The Bertz CT molecular complexity index is 1150. The molecular formula is C26H28FNO5P+. The first-order valence-corrected chi connectivity index (χ1v) is 12.4. The van der Waals surface area contributed by atoms with Crippen molar-refractivity contribution in [2.75, 3.05) is 6.61 Å². The summed E-state index contributed by atoms with van der Waals surface area (Å²) in [6, 6.07) is 17.0. The van der Waals surface area contributed by atoms with Crippen molar-refractivity contribution in [3.05, 3.63) is 77.7 Å². The molecule has 1 aromatic heterocycles. The maximum atomic E-state index is 13.7. The van der Waals surface area contributed by atoms with E-state index in [0.29, 0.717) is 28.1 Å². The zero-order valence-corrected chi connectivity index (χ0v) is 20.2. The monoisotopic (exact) mass is 484 g/mol. The highest BCUT2D eigenvalue weighted by atomic mass is 31.1. The molecule has 0 spiro atoms. The molecule has 0 saturated heterocycles. The van der Waals surface area contributed by atoms with Crippen LogP contribution in [-0.4, -0.2) is 33.7 Å². The van der Waals surface area contributed by atoms with Crippen molar-refractivity contribution in [1.82, 2.24) is 4.98 Å². The van der Waals surface area contributed by atoms with E-state index in [2.05, 4.69) is 0 Å². The Morgan fingerprint density at radius 3 is 2.29 bits per heavy atom. The Labute approximate surface area is 199 Å². The Morgan fingerprint density at radius 2 is 1.74 bits per heavy atom. The van der Waals surface area contributed by atoms with Crippen LogP contribution in [0.15, 0.2) is 60.7 Å². The summed E-state index contributed by atoms with van der Waals surface area (Å²) in [5.74, 6) is -1.26. The normalized spacial score (nSPS) is 13.4. The SMILES string of the molecule is CCOC(=O)CC(O)C(c1c(-c2ccc(F)cc2)cc(-c2ccccc2)nc1C(C)C)[P+](=O)O. The fourth-order valence-electron chi connectivity index (χ4n) is 3.90. The number of pyridine rings is 1. The van der Waals surface area contributed by atoms with Gasteiger partial charge in [-0.15, -0.1) is 0 Å². The second-order valence-corrected chi connectivity index (χ2v) is 9.37. The molecule has 0 amide bonds. The lowest BCUT2D eigenvalue weighted by Crippen LogP contribution is -2.23. The molecule has 6 nitrogen and oxygen atoms in total. The van der Waals surface area contributed by atoms with Gasteiger partial charge in [0, 0.05) is 11.1 Å². The van der Waals surface area contributed by atoms with Gasteiger partial charge in [-0.1, -0.05) is 56.3 Å². The summed E-state index contributed by atoms with van der Waals surface area (Å²) in [6.07, 6.45) is -1.92. The number of carbonyl (C=O) groups is 1. The molecule has 8 heteroatoms. The number of halogens is 1. The number of nitrogens with zero attached hydrogens (tertiary/aromatic N) is 1. The number of esters is 1. The van der Waals surface area contributed by atoms with Crippen molar-refractivity contribution in [2.24, 2.45) is 0 Å². The third kappa shape index (κ3) is 5.92. The highest BCUT2D eigenvalue weighted by molar-refractivity contribution is 7.38. The highest BCUT2D eigenvalue weighted by Gasteiger charge is 2.43. The number of aromatic nitrogens is 1. The van der Waals surface area contributed by atoms with E-state index in [1.807, 2.05) is 44.2 Å². The first kappa shape index (κ1) is 25.6. The molecule has 178 valence electrons. The molecule has 1 heterocycles. The van der Waals surface area contributed by atoms with Gasteiger partial charge in [-0.05, 0) is 46.7 Å². The molecule has 0 aliphatic carbocycles. The van der Waals surface area contributed by atoms with Gasteiger partial charge in [0.25, 0.3) is 0 Å². The van der Waals surface area contributed by atoms with Crippen LogP contribution in [0.1, 0.15) is 50.0 Å². The van der Waals surface area contributed by atoms with Gasteiger partial charge in [0.05, 0.1) is 24.4 Å². The topological polar surface area (TPSA) is 96.7 Å². The molecule has 0 bridgehead atoms. The molecule has 0 radical (unpaired) electrons. The average Bonchev–Trinajstić information content (AvgIpc) is 2.80. The standard InChI is InChI=1S/C26H27FNO5P/c1-4-33-23(30)15-22(29)26(34(31)32)24-20(17-10-12-19(27)13-11-17)14-21(28-25(24)16(2)3)18-8-6-5-7-9-18/h5-14,16,22,26,29H,4,15H2,1-3H3/p+1. The summed E-state index contributed by atoms with van der Waals surface area (Å²) in [5, 5.41) is 10.9. The molecule has 3 unspecified atom stereocenters. The van der Waals surface area contributed by atoms with Gasteiger partial charge in [0.1, 0.15) is 11.9 Å². The Balaban J connectivity index is 2.29. The van der Waals surface area contributed by atoms with Crippen LogP contribution < -0.4 is 0 Å². The summed E-state index contributed by atoms with van der Waals surface area (Å²) < 4.78 is 31.2. The summed E-state index contributed by atoms with van der Waals surface area (Å²) in [5.41, 5.74) is 2.21. The number of rotatable bonds is 9. The first-order chi connectivity index (χ1) is 16.2. The van der Waals surface area contributed by atoms with E-state index in [1.165, 1.54) is 12.1 Å². The lowest BCUT2D eigenvalue weighted by atomic mass is 9.88. The van der Waals surface area contributed by atoms with Crippen LogP contribution >= 0.6 is 8.03 Å². The zero-order chi connectivity index (χ0) is 24.8. The van der Waals surface area contributed by atoms with Crippen molar-refractivity contribution in [1.29, 1.82) is 0 Å². The predicted molar refractivity (Wildman–Crippen MR) is 129 cm³/mol. The second kappa shape index (κ2) is 11.4. The molecule has 3 aromatic rings. The molecule has 3 atom stereocenters. The van der Waals surface area contributed by atoms with Crippen molar-refractivity contribution >= 4 is 14.0 Å². The lowest BCUT2D eigenvalue weighted by molar-refractivity contribution is -0.145. The van der Waals surface area contributed by atoms with Crippen molar-refractivity contribution < 1.29 is 28.5 Å². The minimum atomic E-state index is -2.96. The van der Waals surface area contributed by atoms with Gasteiger partial charge in [0.2, 0.25) is 5.66 Å². The molecule has 3 rings (SSSR count). The van der Waals surface area contributed by atoms with Gasteiger partial charge in [-0.25, -0.2) is 4.39 Å². The third-order valence-corrected chi connectivity index (χ3v) is 6.52. The van der Waals surface area contributed by atoms with Crippen molar-refractivity contribution in [3.63, 3.8) is 0 Å². The van der Waals surface area contributed by atoms with Crippen LogP contribution in [0.4, 0.5) is 4.39 Å². The van der Waals surface area contributed by atoms with Crippen LogP contribution in [0.2, 0.25) is 0 Å². The maximum Gasteiger partial charge on any atom is 0.516 e. The fourth-order valence-corrected chi connectivity index (χ4v) is 4.80. The number of hydrogen-bond donors (Lipinski definition) is 2. The van der Waals surface area contributed by atoms with E-state index in [4.69, 9.17) is 9.72 Å². The molecule has 0 saturated carbocycles. The Kier molecular flexibility index (Phi) is 8.61. The minimum absolute atomic E-state index is 0.132. The average molecular weight is 484 g/mol. The van der Waals surface area contributed by atoms with Crippen LogP contribution in [0.3, 0.4) is 0 Å². The quantitative estimate of drug-likeness (QED) is 0.296. The van der Waals surface area contributed by atoms with E-state index in [9.17, 15) is 23.7 Å². The highest BCUT2D eigenvalue weighted by Crippen LogP contribution is 2.48. The van der Waals surface area contributed by atoms with E-state index in [-0.39, 0.29) is 12.5 Å². The summed E-state index contributed by atoms with van der Waals surface area (Å²) in [7, 11) is -2.96. The molecule has 34 heavy (non-hydrogen) atoms. The summed E-state index contributed by atoms with van der Waals surface area (Å²) in [4.78, 5) is 27.1. The lowest BCUT2D eigenvalue weighted by Gasteiger charge is -2.22. The van der Waals surface area contributed by atoms with E-state index >= 15 is 0 Å². The number of carbonyl (C=O) groups excluding carboxylic acids is 1. The second-order valence-electron chi connectivity index (χ2n) is 8.21. The molecular weight excluding hydrogens is 456 g/mol. The minimum Gasteiger partial charge on any atom is -0.466 e. The van der Waals surface area contributed by atoms with Gasteiger partial charge < -0.3 is 9.84 Å². The predicted octanol–water partition coefficient (Wildman–Crippen LogP) is 5.77. The number of aliphatic hydroxyl groups is 1. The zero-order valence-electron chi connectivity index (χ0n) is 19.3. The van der Waals surface area contributed by atoms with Gasteiger partial charge in [0.15, 0.2) is 0 Å². The van der Waals surface area contributed by atoms with Crippen LogP contribution in [0.25, 0.3) is 22.4 Å². The molecule has 0 fully saturated rings. The number of hydrogen-bond acceptors (Lipinski definition) is 5. The van der Waals surface area contributed by atoms with E-state index in [1.54, 1.807) is 25.1 Å². The fraction of sp³-hybridized carbons (Fsp3) is 0.308.